The number of pyridine rings is 1. The highest BCUT2D eigenvalue weighted by atomic mass is 16.5. The maximum atomic E-state index is 5.54. The molecule has 4 heteroatoms. The molecule has 0 bridgehead atoms. The average Bonchev–Trinajstić information content (AvgIpc) is 2.48. The van der Waals surface area contributed by atoms with E-state index in [-0.39, 0.29) is 0 Å². The van der Waals surface area contributed by atoms with Gasteiger partial charge in [0.15, 0.2) is 0 Å². The van der Waals surface area contributed by atoms with E-state index in [1.807, 2.05) is 13.1 Å². The van der Waals surface area contributed by atoms with Crippen LogP contribution in [0.3, 0.4) is 0 Å². The number of benzene rings is 1. The van der Waals surface area contributed by atoms with Gasteiger partial charge in [-0.2, -0.15) is 0 Å². The molecule has 106 valence electrons. The van der Waals surface area contributed by atoms with E-state index < -0.39 is 0 Å². The third-order valence-electron chi connectivity index (χ3n) is 3.79. The van der Waals surface area contributed by atoms with Crippen LogP contribution in [0.2, 0.25) is 0 Å². The smallest absolute Gasteiger partial charge is 0.134 e. The van der Waals surface area contributed by atoms with Crippen LogP contribution in [0.15, 0.2) is 30.3 Å². The largest absolute Gasteiger partial charge is 0.377 e. The van der Waals surface area contributed by atoms with Gasteiger partial charge in [0.25, 0.3) is 0 Å². The van der Waals surface area contributed by atoms with Crippen molar-refractivity contribution < 1.29 is 4.74 Å². The second kappa shape index (κ2) is 5.77. The first-order valence-corrected chi connectivity index (χ1v) is 7.17. The van der Waals surface area contributed by atoms with Crippen LogP contribution in [-0.2, 0) is 11.3 Å². The van der Waals surface area contributed by atoms with Crippen molar-refractivity contribution in [2.75, 3.05) is 31.7 Å². The third-order valence-corrected chi connectivity index (χ3v) is 3.79. The summed E-state index contributed by atoms with van der Waals surface area (Å²) in [5.41, 5.74) is 2.31. The molecule has 1 saturated heterocycles. The van der Waals surface area contributed by atoms with E-state index in [4.69, 9.17) is 9.72 Å². The van der Waals surface area contributed by atoms with Gasteiger partial charge in [-0.3, -0.25) is 0 Å². The van der Waals surface area contributed by atoms with Crippen LogP contribution in [-0.4, -0.2) is 37.8 Å². The van der Waals surface area contributed by atoms with E-state index in [1.165, 1.54) is 10.9 Å². The van der Waals surface area contributed by atoms with Crippen molar-refractivity contribution >= 4 is 16.7 Å². The number of para-hydroxylation sites is 1. The standard InChI is InChI=1S/C16H21N3O/c1-12-11-20-8-7-19(12)16-14(10-17-2)9-13-5-3-4-6-15(13)18-16/h3-6,9,12,17H,7-8,10-11H2,1-2H3. The molecule has 1 aromatic heterocycles. The minimum Gasteiger partial charge on any atom is -0.377 e. The quantitative estimate of drug-likeness (QED) is 0.928. The zero-order valence-corrected chi connectivity index (χ0v) is 12.1. The molecule has 0 aliphatic carbocycles. The van der Waals surface area contributed by atoms with Crippen molar-refractivity contribution in [2.45, 2.75) is 19.5 Å². The monoisotopic (exact) mass is 271 g/mol. The highest BCUT2D eigenvalue weighted by Gasteiger charge is 2.22. The van der Waals surface area contributed by atoms with Crippen LogP contribution in [0, 0.1) is 0 Å². The topological polar surface area (TPSA) is 37.4 Å². The lowest BCUT2D eigenvalue weighted by atomic mass is 10.1. The molecule has 0 radical (unpaired) electrons. The van der Waals surface area contributed by atoms with Gasteiger partial charge in [0.05, 0.1) is 24.8 Å². The number of fused-ring (bicyclic) bond motifs is 1. The number of hydrogen-bond donors (Lipinski definition) is 1. The summed E-state index contributed by atoms with van der Waals surface area (Å²) < 4.78 is 5.54. The molecule has 1 fully saturated rings. The van der Waals surface area contributed by atoms with Gasteiger partial charge in [0.1, 0.15) is 5.82 Å². The van der Waals surface area contributed by atoms with Gasteiger partial charge in [-0.1, -0.05) is 18.2 Å². The number of hydrogen-bond acceptors (Lipinski definition) is 4. The zero-order valence-electron chi connectivity index (χ0n) is 12.1. The van der Waals surface area contributed by atoms with E-state index in [1.54, 1.807) is 0 Å². The fourth-order valence-electron chi connectivity index (χ4n) is 2.76. The molecule has 1 unspecified atom stereocenters. The summed E-state index contributed by atoms with van der Waals surface area (Å²) in [6, 6.07) is 10.9. The predicted octanol–water partition coefficient (Wildman–Crippen LogP) is 2.18. The molecule has 1 aromatic carbocycles. The Balaban J connectivity index is 2.08. The van der Waals surface area contributed by atoms with Crippen molar-refractivity contribution in [1.29, 1.82) is 0 Å². The second-order valence-corrected chi connectivity index (χ2v) is 5.31. The summed E-state index contributed by atoms with van der Waals surface area (Å²) in [4.78, 5) is 7.26. The average molecular weight is 271 g/mol. The molecule has 1 N–H and O–H groups in total. The predicted molar refractivity (Wildman–Crippen MR) is 82.1 cm³/mol. The molecule has 3 rings (SSSR count). The number of ether oxygens (including phenoxy) is 1. The molecule has 2 aromatic rings. The molecule has 2 heterocycles. The summed E-state index contributed by atoms with van der Waals surface area (Å²) in [6.45, 7) is 5.48. The van der Waals surface area contributed by atoms with Crippen LogP contribution >= 0.6 is 0 Å². The second-order valence-electron chi connectivity index (χ2n) is 5.31. The van der Waals surface area contributed by atoms with Crippen molar-refractivity contribution in [3.63, 3.8) is 0 Å². The van der Waals surface area contributed by atoms with E-state index in [0.717, 1.165) is 37.6 Å². The molecule has 1 aliphatic heterocycles. The first-order valence-electron chi connectivity index (χ1n) is 7.17. The molecule has 0 spiro atoms. The number of morpholine rings is 1. The Morgan fingerprint density at radius 3 is 3.05 bits per heavy atom. The summed E-state index contributed by atoms with van der Waals surface area (Å²) >= 11 is 0. The number of nitrogens with one attached hydrogen (secondary N) is 1. The SMILES string of the molecule is CNCc1cc2ccccc2nc1N1CCOCC1C. The Morgan fingerprint density at radius 1 is 1.40 bits per heavy atom. The Hall–Kier alpha value is -1.65. The fourth-order valence-corrected chi connectivity index (χ4v) is 2.76. The lowest BCUT2D eigenvalue weighted by molar-refractivity contribution is 0.0984. The molecular weight excluding hydrogens is 250 g/mol. The van der Waals surface area contributed by atoms with Crippen molar-refractivity contribution in [3.8, 4) is 0 Å². The molecule has 4 nitrogen and oxygen atoms in total. The molecule has 1 atom stereocenters. The van der Waals surface area contributed by atoms with Crippen molar-refractivity contribution in [3.05, 3.63) is 35.9 Å². The Morgan fingerprint density at radius 2 is 2.25 bits per heavy atom. The summed E-state index contributed by atoms with van der Waals surface area (Å²) in [6.07, 6.45) is 0. The molecular formula is C16H21N3O. The maximum absolute atomic E-state index is 5.54. The number of aromatic nitrogens is 1. The van der Waals surface area contributed by atoms with Crippen molar-refractivity contribution in [1.82, 2.24) is 10.3 Å². The van der Waals surface area contributed by atoms with Crippen LogP contribution in [0.25, 0.3) is 10.9 Å². The fraction of sp³-hybridized carbons (Fsp3) is 0.438. The molecule has 0 amide bonds. The first kappa shape index (κ1) is 13.3. The molecule has 1 aliphatic rings. The zero-order chi connectivity index (χ0) is 13.9. The van der Waals surface area contributed by atoms with E-state index in [0.29, 0.717) is 6.04 Å². The number of nitrogens with zero attached hydrogens (tertiary/aromatic N) is 2. The summed E-state index contributed by atoms with van der Waals surface area (Å²) in [5, 5.41) is 4.44. The number of anilines is 1. The van der Waals surface area contributed by atoms with Gasteiger partial charge in [-0.25, -0.2) is 4.98 Å². The van der Waals surface area contributed by atoms with Gasteiger partial charge in [-0.15, -0.1) is 0 Å². The van der Waals surface area contributed by atoms with Gasteiger partial charge in [-0.05, 0) is 26.1 Å². The van der Waals surface area contributed by atoms with Gasteiger partial charge in [0.2, 0.25) is 0 Å². The van der Waals surface area contributed by atoms with E-state index >= 15 is 0 Å². The lowest BCUT2D eigenvalue weighted by Crippen LogP contribution is -2.44. The van der Waals surface area contributed by atoms with E-state index in [2.05, 4.69) is 41.4 Å². The van der Waals surface area contributed by atoms with Crippen LogP contribution in [0.1, 0.15) is 12.5 Å². The maximum Gasteiger partial charge on any atom is 0.134 e. The van der Waals surface area contributed by atoms with Crippen LogP contribution in [0.5, 0.6) is 0 Å². The highest BCUT2D eigenvalue weighted by Crippen LogP contribution is 2.26. The minimum atomic E-state index is 0.369. The molecule has 0 saturated carbocycles. The lowest BCUT2D eigenvalue weighted by Gasteiger charge is -2.35. The molecule has 20 heavy (non-hydrogen) atoms. The third kappa shape index (κ3) is 2.49. The summed E-state index contributed by atoms with van der Waals surface area (Å²) in [7, 11) is 1.97. The van der Waals surface area contributed by atoms with Gasteiger partial charge in [0, 0.05) is 24.0 Å². The van der Waals surface area contributed by atoms with Crippen LogP contribution in [0.4, 0.5) is 5.82 Å². The minimum absolute atomic E-state index is 0.369. The Labute approximate surface area is 119 Å². The number of rotatable bonds is 3. The van der Waals surface area contributed by atoms with Gasteiger partial charge < -0.3 is 15.0 Å². The van der Waals surface area contributed by atoms with Crippen molar-refractivity contribution in [2.24, 2.45) is 0 Å². The van der Waals surface area contributed by atoms with Crippen LogP contribution < -0.4 is 10.2 Å². The van der Waals surface area contributed by atoms with E-state index in [9.17, 15) is 0 Å². The van der Waals surface area contributed by atoms with Gasteiger partial charge >= 0.3 is 0 Å². The first-order chi connectivity index (χ1) is 9.79. The Kier molecular flexibility index (Phi) is 3.85. The summed E-state index contributed by atoms with van der Waals surface area (Å²) in [5.74, 6) is 1.09. The Bertz CT molecular complexity index is 599. The normalized spacial score (nSPS) is 19.5. The highest BCUT2D eigenvalue weighted by molar-refractivity contribution is 5.81.